The topological polar surface area (TPSA) is 102 Å². The first kappa shape index (κ1) is 26.7. The third-order valence-corrected chi connectivity index (χ3v) is 6.08. The molecule has 172 valence electrons. The Morgan fingerprint density at radius 3 is 2.67 bits per heavy atom. The quantitative estimate of drug-likeness (QED) is 0.270. The van der Waals surface area contributed by atoms with Crippen molar-refractivity contribution in [1.82, 2.24) is 4.72 Å². The van der Waals surface area contributed by atoms with Gasteiger partial charge in [0.15, 0.2) is 0 Å². The van der Waals surface area contributed by atoms with Crippen LogP contribution in [0.2, 0.25) is 5.02 Å². The molecule has 0 radical (unpaired) electrons. The molecule has 0 fully saturated rings. The maximum absolute atomic E-state index is 12.0. The van der Waals surface area contributed by atoms with Crippen LogP contribution in [0.5, 0.6) is 5.75 Å². The normalized spacial score (nSPS) is 12.5. The highest BCUT2D eigenvalue weighted by atomic mass is 35.5. The minimum Gasteiger partial charge on any atom is -0.491 e. The first-order chi connectivity index (χ1) is 14.3. The number of aliphatic hydroxyl groups excluding tert-OH is 1. The van der Waals surface area contributed by atoms with E-state index in [0.717, 1.165) is 25.7 Å². The molecule has 0 aliphatic carbocycles. The van der Waals surface area contributed by atoms with Gasteiger partial charge in [-0.1, -0.05) is 30.5 Å². The van der Waals surface area contributed by atoms with Crippen molar-refractivity contribution < 1.29 is 27.8 Å². The Balaban J connectivity index is 2.03. The molecule has 1 rings (SSSR count). The molecule has 1 unspecified atom stereocenters. The van der Waals surface area contributed by atoms with Crippen molar-refractivity contribution >= 4 is 27.6 Å². The van der Waals surface area contributed by atoms with Gasteiger partial charge in [0.1, 0.15) is 12.4 Å². The Morgan fingerprint density at radius 2 is 1.93 bits per heavy atom. The minimum absolute atomic E-state index is 0.0394. The number of halogens is 1. The number of rotatable bonds is 17. The molecular formula is C21H34ClNO6S. The second kappa shape index (κ2) is 15.5. The van der Waals surface area contributed by atoms with E-state index in [1.807, 2.05) is 0 Å². The molecule has 0 aromatic heterocycles. The number of hydrogen-bond acceptors (Lipinski definition) is 6. The van der Waals surface area contributed by atoms with Crippen LogP contribution >= 0.6 is 11.6 Å². The van der Waals surface area contributed by atoms with Gasteiger partial charge in [0.25, 0.3) is 0 Å². The van der Waals surface area contributed by atoms with Crippen molar-refractivity contribution in [2.75, 3.05) is 25.5 Å². The van der Waals surface area contributed by atoms with Crippen molar-refractivity contribution in [2.24, 2.45) is 0 Å². The number of carbonyl (C=O) groups excluding carboxylic acids is 1. The fourth-order valence-electron chi connectivity index (χ4n) is 2.79. The number of ether oxygens (including phenoxy) is 2. The smallest absolute Gasteiger partial charge is 0.305 e. The summed E-state index contributed by atoms with van der Waals surface area (Å²) in [6.45, 7) is 2.72. The average Bonchev–Trinajstić information content (AvgIpc) is 2.69. The van der Waals surface area contributed by atoms with Gasteiger partial charge in [-0.3, -0.25) is 4.79 Å². The number of benzene rings is 1. The molecular weight excluding hydrogens is 430 g/mol. The zero-order valence-electron chi connectivity index (χ0n) is 17.6. The standard InChI is InChI=1S/C21H34ClNO6S/c1-2-28-21(25)13-5-3-4-7-14-23-30(26,27)15-8-6-11-19(24)17-29-20-12-9-10-18(22)16-20/h9-10,12,16,19,23-24H,2-8,11,13-15,17H2,1H3. The fraction of sp³-hybridized carbons (Fsp3) is 0.667. The Bertz CT molecular complexity index is 713. The fourth-order valence-corrected chi connectivity index (χ4v) is 4.15. The lowest BCUT2D eigenvalue weighted by Gasteiger charge is -2.12. The molecule has 1 aromatic rings. The van der Waals surface area contributed by atoms with E-state index in [2.05, 4.69) is 4.72 Å². The van der Waals surface area contributed by atoms with Crippen LogP contribution in [0, 0.1) is 0 Å². The van der Waals surface area contributed by atoms with Gasteiger partial charge in [0.2, 0.25) is 10.0 Å². The second-order valence-electron chi connectivity index (χ2n) is 7.10. The molecule has 0 bridgehead atoms. The molecule has 0 amide bonds. The van der Waals surface area contributed by atoms with Gasteiger partial charge in [-0.25, -0.2) is 13.1 Å². The van der Waals surface area contributed by atoms with Crippen LogP contribution in [0.15, 0.2) is 24.3 Å². The van der Waals surface area contributed by atoms with E-state index in [9.17, 15) is 18.3 Å². The van der Waals surface area contributed by atoms with Crippen LogP contribution in [0.25, 0.3) is 0 Å². The molecule has 0 aliphatic rings. The van der Waals surface area contributed by atoms with Crippen molar-refractivity contribution in [1.29, 1.82) is 0 Å². The molecule has 0 spiro atoms. The van der Waals surface area contributed by atoms with Crippen molar-refractivity contribution in [2.45, 2.75) is 64.4 Å². The summed E-state index contributed by atoms with van der Waals surface area (Å²) < 4.78 is 36.9. The average molecular weight is 464 g/mol. The SMILES string of the molecule is CCOC(=O)CCCCCCNS(=O)(=O)CCCCC(O)COc1cccc(Cl)c1. The summed E-state index contributed by atoms with van der Waals surface area (Å²) in [5.74, 6) is 0.450. The van der Waals surface area contributed by atoms with Gasteiger partial charge >= 0.3 is 5.97 Å². The van der Waals surface area contributed by atoms with Crippen molar-refractivity contribution in [3.05, 3.63) is 29.3 Å². The van der Waals surface area contributed by atoms with Crippen LogP contribution in [0.3, 0.4) is 0 Å². The molecule has 0 heterocycles. The third-order valence-electron chi connectivity index (χ3n) is 4.37. The molecule has 30 heavy (non-hydrogen) atoms. The van der Waals surface area contributed by atoms with Crippen LogP contribution in [-0.4, -0.2) is 51.1 Å². The minimum atomic E-state index is -3.30. The molecule has 0 saturated carbocycles. The molecule has 9 heteroatoms. The summed E-state index contributed by atoms with van der Waals surface area (Å²) in [6.07, 6.45) is 4.52. The second-order valence-corrected chi connectivity index (χ2v) is 9.46. The molecule has 7 nitrogen and oxygen atoms in total. The Labute approximate surface area is 185 Å². The maximum atomic E-state index is 12.0. The largest absolute Gasteiger partial charge is 0.491 e. The van der Waals surface area contributed by atoms with Gasteiger partial charge in [0, 0.05) is 18.0 Å². The van der Waals surface area contributed by atoms with Crippen LogP contribution in [-0.2, 0) is 19.6 Å². The third kappa shape index (κ3) is 13.8. The molecule has 1 aromatic carbocycles. The number of sulfonamides is 1. The summed E-state index contributed by atoms with van der Waals surface area (Å²) in [7, 11) is -3.30. The number of carbonyl (C=O) groups is 1. The van der Waals surface area contributed by atoms with E-state index >= 15 is 0 Å². The number of nitrogens with one attached hydrogen (secondary N) is 1. The van der Waals surface area contributed by atoms with Crippen LogP contribution in [0.1, 0.15) is 58.3 Å². The number of esters is 1. The summed E-state index contributed by atoms with van der Waals surface area (Å²) in [5, 5.41) is 10.5. The molecule has 0 aliphatic heterocycles. The van der Waals surface area contributed by atoms with E-state index in [4.69, 9.17) is 21.1 Å². The lowest BCUT2D eigenvalue weighted by Crippen LogP contribution is -2.27. The zero-order chi connectivity index (χ0) is 22.2. The predicted octanol–water partition coefficient (Wildman–Crippen LogP) is 3.68. The van der Waals surface area contributed by atoms with Gasteiger partial charge in [0.05, 0.1) is 18.5 Å². The lowest BCUT2D eigenvalue weighted by atomic mass is 10.1. The molecule has 2 N–H and O–H groups in total. The van der Waals surface area contributed by atoms with E-state index in [1.54, 1.807) is 31.2 Å². The van der Waals surface area contributed by atoms with Gasteiger partial charge in [-0.15, -0.1) is 0 Å². The molecule has 1 atom stereocenters. The van der Waals surface area contributed by atoms with E-state index in [0.29, 0.717) is 49.6 Å². The summed E-state index contributed by atoms with van der Waals surface area (Å²) >= 11 is 5.87. The van der Waals surface area contributed by atoms with E-state index < -0.39 is 16.1 Å². The van der Waals surface area contributed by atoms with Crippen LogP contribution < -0.4 is 9.46 Å². The highest BCUT2D eigenvalue weighted by molar-refractivity contribution is 7.89. The van der Waals surface area contributed by atoms with E-state index in [1.165, 1.54) is 0 Å². The Kier molecular flexibility index (Phi) is 13.7. The van der Waals surface area contributed by atoms with E-state index in [-0.39, 0.29) is 18.3 Å². The zero-order valence-corrected chi connectivity index (χ0v) is 19.2. The van der Waals surface area contributed by atoms with Gasteiger partial charge in [-0.2, -0.15) is 0 Å². The highest BCUT2D eigenvalue weighted by Gasteiger charge is 2.11. The summed E-state index contributed by atoms with van der Waals surface area (Å²) in [5.41, 5.74) is 0. The molecule has 0 saturated heterocycles. The summed E-state index contributed by atoms with van der Waals surface area (Å²) in [6, 6.07) is 6.95. The van der Waals surface area contributed by atoms with Crippen molar-refractivity contribution in [3.8, 4) is 5.75 Å². The Morgan fingerprint density at radius 1 is 1.17 bits per heavy atom. The highest BCUT2D eigenvalue weighted by Crippen LogP contribution is 2.17. The first-order valence-electron chi connectivity index (χ1n) is 10.5. The number of hydrogen-bond donors (Lipinski definition) is 2. The Hall–Kier alpha value is -1.35. The number of aliphatic hydroxyl groups is 1. The number of unbranched alkanes of at least 4 members (excludes halogenated alkanes) is 4. The maximum Gasteiger partial charge on any atom is 0.305 e. The monoisotopic (exact) mass is 463 g/mol. The van der Waals surface area contributed by atoms with Gasteiger partial charge in [-0.05, 0) is 57.2 Å². The first-order valence-corrected chi connectivity index (χ1v) is 12.5. The van der Waals surface area contributed by atoms with Crippen molar-refractivity contribution in [3.63, 3.8) is 0 Å². The summed E-state index contributed by atoms with van der Waals surface area (Å²) in [4.78, 5) is 11.2. The lowest BCUT2D eigenvalue weighted by molar-refractivity contribution is -0.143. The predicted molar refractivity (Wildman–Crippen MR) is 118 cm³/mol. The van der Waals surface area contributed by atoms with Gasteiger partial charge < -0.3 is 14.6 Å². The van der Waals surface area contributed by atoms with Crippen LogP contribution in [0.4, 0.5) is 0 Å².